The summed E-state index contributed by atoms with van der Waals surface area (Å²) in [4.78, 5) is 31.5. The van der Waals surface area contributed by atoms with Crippen LogP contribution in [0.15, 0.2) is 36.4 Å². The van der Waals surface area contributed by atoms with Gasteiger partial charge in [-0.1, -0.05) is 13.0 Å². The number of nitrogens with one attached hydrogen (secondary N) is 3. The van der Waals surface area contributed by atoms with Crippen LogP contribution in [0.5, 0.6) is 0 Å². The van der Waals surface area contributed by atoms with Crippen LogP contribution in [-0.4, -0.2) is 43.0 Å². The normalized spacial score (nSPS) is 20.4. The third kappa shape index (κ3) is 4.46. The Bertz CT molecular complexity index is 930. The summed E-state index contributed by atoms with van der Waals surface area (Å²) in [5, 5.41) is 9.48. The number of fused-ring (bicyclic) bond motifs is 1. The Morgan fingerprint density at radius 3 is 2.57 bits per heavy atom. The molecule has 1 aliphatic heterocycles. The van der Waals surface area contributed by atoms with Gasteiger partial charge in [0.1, 0.15) is 5.82 Å². The number of anilines is 2. The van der Waals surface area contributed by atoms with Crippen molar-refractivity contribution in [2.45, 2.75) is 39.8 Å². The van der Waals surface area contributed by atoms with Crippen LogP contribution in [0.4, 0.5) is 11.5 Å². The zero-order chi connectivity index (χ0) is 21.8. The number of benzene rings is 1. The molecule has 2 amide bonds. The number of hydrogen-bond acceptors (Lipinski definition) is 5. The van der Waals surface area contributed by atoms with Crippen molar-refractivity contribution in [2.24, 2.45) is 5.92 Å². The Morgan fingerprint density at radius 2 is 1.90 bits per heavy atom. The van der Waals surface area contributed by atoms with E-state index in [2.05, 4.69) is 34.8 Å². The van der Waals surface area contributed by atoms with E-state index in [0.717, 1.165) is 22.8 Å². The monoisotopic (exact) mass is 409 g/mol. The Balaban J connectivity index is 2.01. The molecule has 0 saturated carbocycles. The molecule has 0 radical (unpaired) electrons. The molecule has 30 heavy (non-hydrogen) atoms. The molecule has 7 heteroatoms. The second-order valence-corrected chi connectivity index (χ2v) is 7.91. The molecule has 0 spiro atoms. The predicted octanol–water partition coefficient (Wildman–Crippen LogP) is 2.88. The van der Waals surface area contributed by atoms with E-state index in [1.54, 1.807) is 13.0 Å². The van der Waals surface area contributed by atoms with E-state index in [1.165, 1.54) is 0 Å². The molecule has 7 nitrogen and oxygen atoms in total. The minimum atomic E-state index is -0.124. The van der Waals surface area contributed by atoms with Gasteiger partial charge in [0.05, 0.1) is 6.04 Å². The molecule has 3 rings (SSSR count). The first kappa shape index (κ1) is 21.8. The second-order valence-electron chi connectivity index (χ2n) is 7.91. The van der Waals surface area contributed by atoms with Crippen molar-refractivity contribution in [3.8, 4) is 0 Å². The summed E-state index contributed by atoms with van der Waals surface area (Å²) in [6.45, 7) is 8.97. The first-order valence-corrected chi connectivity index (χ1v) is 10.4. The zero-order valence-corrected chi connectivity index (χ0v) is 18.3. The first-order chi connectivity index (χ1) is 14.3. The number of likely N-dealkylation sites (N-methyl/N-ethyl adjacent to an activating group) is 1. The van der Waals surface area contributed by atoms with Crippen molar-refractivity contribution in [3.05, 3.63) is 53.2 Å². The molecule has 2 aromatic rings. The van der Waals surface area contributed by atoms with E-state index in [9.17, 15) is 9.59 Å². The minimum Gasteiger partial charge on any atom is -0.363 e. The van der Waals surface area contributed by atoms with E-state index in [4.69, 9.17) is 0 Å². The van der Waals surface area contributed by atoms with Gasteiger partial charge in [0.15, 0.2) is 0 Å². The number of hydrogen-bond donors (Lipinski definition) is 3. The van der Waals surface area contributed by atoms with Gasteiger partial charge in [-0.25, -0.2) is 4.98 Å². The Kier molecular flexibility index (Phi) is 6.72. The highest BCUT2D eigenvalue weighted by atomic mass is 16.2. The van der Waals surface area contributed by atoms with E-state index < -0.39 is 0 Å². The van der Waals surface area contributed by atoms with Crippen LogP contribution in [0.3, 0.4) is 0 Å². The van der Waals surface area contributed by atoms with Gasteiger partial charge >= 0.3 is 0 Å². The highest BCUT2D eigenvalue weighted by molar-refractivity contribution is 5.98. The van der Waals surface area contributed by atoms with Gasteiger partial charge in [-0.2, -0.15) is 0 Å². The maximum Gasteiger partial charge on any atom is 0.251 e. The van der Waals surface area contributed by atoms with Crippen molar-refractivity contribution >= 4 is 23.3 Å². The van der Waals surface area contributed by atoms with E-state index >= 15 is 0 Å². The third-order valence-electron chi connectivity index (χ3n) is 5.77. The molecule has 2 heterocycles. The maximum atomic E-state index is 12.6. The quantitative estimate of drug-likeness (QED) is 0.639. The van der Waals surface area contributed by atoms with Crippen molar-refractivity contribution < 1.29 is 9.59 Å². The third-order valence-corrected chi connectivity index (χ3v) is 5.77. The highest BCUT2D eigenvalue weighted by Gasteiger charge is 2.38. The number of aryl methyl sites for hydroxylation is 1. The lowest BCUT2D eigenvalue weighted by Crippen LogP contribution is -2.48. The molecule has 1 aromatic heterocycles. The van der Waals surface area contributed by atoms with Gasteiger partial charge < -0.3 is 20.9 Å². The highest BCUT2D eigenvalue weighted by Crippen LogP contribution is 2.42. The van der Waals surface area contributed by atoms with Crippen molar-refractivity contribution in [2.75, 3.05) is 30.4 Å². The maximum absolute atomic E-state index is 12.6. The Hall–Kier alpha value is -2.93. The summed E-state index contributed by atoms with van der Waals surface area (Å²) < 4.78 is 0. The average Bonchev–Trinajstić information content (AvgIpc) is 2.71. The molecular formula is C23H31N5O2. The zero-order valence-electron chi connectivity index (χ0n) is 18.3. The fraction of sp³-hybridized carbons (Fsp3) is 0.435. The Morgan fingerprint density at radius 1 is 1.13 bits per heavy atom. The van der Waals surface area contributed by atoms with Crippen molar-refractivity contribution in [3.63, 3.8) is 0 Å². The molecule has 160 valence electrons. The average molecular weight is 410 g/mol. The molecule has 0 saturated heterocycles. The number of carbonyl (C=O) groups is 2. The van der Waals surface area contributed by atoms with Crippen LogP contribution in [-0.2, 0) is 4.79 Å². The lowest BCUT2D eigenvalue weighted by atomic mass is 9.82. The molecule has 3 atom stereocenters. The van der Waals surface area contributed by atoms with Crippen LogP contribution in [0.1, 0.15) is 48.4 Å². The summed E-state index contributed by atoms with van der Waals surface area (Å²) in [6, 6.07) is 11.4. The summed E-state index contributed by atoms with van der Waals surface area (Å²) in [5.74, 6) is 0.770. The molecule has 1 aliphatic rings. The standard InChI is InChI=1S/C23H31N5O2/c1-14-7-6-8-21(26-14)27-22-15(2)16(3)28(17(4)29)20-10-9-18(13-19(20)22)23(30)25-12-11-24-5/h6-10,13,15-16,22,24H,11-12H2,1-5H3,(H,25,30)(H,26,27)/t15-,16-,22?/m0/s1. The van der Waals surface area contributed by atoms with Gasteiger partial charge in [-0.3, -0.25) is 9.59 Å². The van der Waals surface area contributed by atoms with E-state index in [1.807, 2.05) is 49.2 Å². The Labute approximate surface area is 178 Å². The topological polar surface area (TPSA) is 86.4 Å². The van der Waals surface area contributed by atoms with Gasteiger partial charge in [0, 0.05) is 48.9 Å². The SMILES string of the molecule is CNCCNC(=O)c1ccc2c(c1)C(Nc1cccc(C)n1)[C@@H](C)[C@H](C)N2C(C)=O. The number of rotatable bonds is 6. The van der Waals surface area contributed by atoms with Crippen LogP contribution in [0, 0.1) is 12.8 Å². The smallest absolute Gasteiger partial charge is 0.251 e. The van der Waals surface area contributed by atoms with Crippen LogP contribution in [0.25, 0.3) is 0 Å². The minimum absolute atomic E-state index is 0.00560. The van der Waals surface area contributed by atoms with Gasteiger partial charge in [-0.05, 0) is 56.8 Å². The largest absolute Gasteiger partial charge is 0.363 e. The van der Waals surface area contributed by atoms with Crippen LogP contribution in [0.2, 0.25) is 0 Å². The number of amides is 2. The summed E-state index contributed by atoms with van der Waals surface area (Å²) >= 11 is 0. The van der Waals surface area contributed by atoms with Crippen molar-refractivity contribution in [1.29, 1.82) is 0 Å². The van der Waals surface area contributed by atoms with Crippen molar-refractivity contribution in [1.82, 2.24) is 15.6 Å². The van der Waals surface area contributed by atoms with Gasteiger partial charge in [-0.15, -0.1) is 0 Å². The van der Waals surface area contributed by atoms with Crippen LogP contribution >= 0.6 is 0 Å². The molecule has 0 aliphatic carbocycles. The summed E-state index contributed by atoms with van der Waals surface area (Å²) in [6.07, 6.45) is 0. The molecule has 1 unspecified atom stereocenters. The fourth-order valence-electron chi connectivity index (χ4n) is 4.03. The summed E-state index contributed by atoms with van der Waals surface area (Å²) in [7, 11) is 1.85. The number of nitrogens with zero attached hydrogens (tertiary/aromatic N) is 2. The predicted molar refractivity (Wildman–Crippen MR) is 120 cm³/mol. The molecule has 1 aromatic carbocycles. The lowest BCUT2D eigenvalue weighted by Gasteiger charge is -2.44. The fourth-order valence-corrected chi connectivity index (χ4v) is 4.03. The molecular weight excluding hydrogens is 378 g/mol. The first-order valence-electron chi connectivity index (χ1n) is 10.4. The number of aromatic nitrogens is 1. The lowest BCUT2D eigenvalue weighted by molar-refractivity contribution is -0.117. The molecule has 3 N–H and O–H groups in total. The summed E-state index contributed by atoms with van der Waals surface area (Å²) in [5.41, 5.74) is 3.28. The second kappa shape index (κ2) is 9.26. The number of pyridine rings is 1. The molecule has 0 fully saturated rings. The number of carbonyl (C=O) groups excluding carboxylic acids is 2. The van der Waals surface area contributed by atoms with Crippen LogP contribution < -0.4 is 20.9 Å². The van der Waals surface area contributed by atoms with Gasteiger partial charge in [0.2, 0.25) is 5.91 Å². The van der Waals surface area contributed by atoms with Gasteiger partial charge in [0.25, 0.3) is 5.91 Å². The molecule has 0 bridgehead atoms. The van der Waals surface area contributed by atoms with E-state index in [-0.39, 0.29) is 29.8 Å². The van der Waals surface area contributed by atoms with E-state index in [0.29, 0.717) is 18.7 Å².